The van der Waals surface area contributed by atoms with Crippen molar-refractivity contribution in [2.24, 2.45) is 0 Å². The van der Waals surface area contributed by atoms with Crippen LogP contribution in [0.25, 0.3) is 6.08 Å². The molecule has 0 aliphatic rings. The molecule has 0 saturated carbocycles. The maximum atomic E-state index is 11.3. The van der Waals surface area contributed by atoms with Gasteiger partial charge in [0.1, 0.15) is 16.5 Å². The summed E-state index contributed by atoms with van der Waals surface area (Å²) in [7, 11) is 1.57. The minimum absolute atomic E-state index is 0.131. The number of methoxy groups -OCH3 is 1. The van der Waals surface area contributed by atoms with Gasteiger partial charge in [-0.2, -0.15) is 0 Å². The number of H-pyrrole nitrogens is 1. The highest BCUT2D eigenvalue weighted by Gasteiger charge is 2.13. The summed E-state index contributed by atoms with van der Waals surface area (Å²) in [6.45, 7) is 1.75. The maximum Gasteiger partial charge on any atom is 0.342 e. The molecule has 0 radical (unpaired) electrons. The van der Waals surface area contributed by atoms with Gasteiger partial charge in [-0.15, -0.1) is 5.10 Å². The van der Waals surface area contributed by atoms with Crippen LogP contribution in [-0.4, -0.2) is 33.4 Å². The Bertz CT molecular complexity index is 700. The number of carboxylic acids is 1. The molecule has 8 heteroatoms. The summed E-state index contributed by atoms with van der Waals surface area (Å²) in [6, 6.07) is 5.32. The van der Waals surface area contributed by atoms with E-state index in [-0.39, 0.29) is 4.91 Å². The molecule has 1 aromatic heterocycles. The van der Waals surface area contributed by atoms with Gasteiger partial charge >= 0.3 is 5.97 Å². The first-order valence-electron chi connectivity index (χ1n) is 5.85. The number of rotatable bonds is 5. The van der Waals surface area contributed by atoms with Crippen molar-refractivity contribution in [3.05, 3.63) is 39.0 Å². The van der Waals surface area contributed by atoms with Crippen LogP contribution >= 0.6 is 27.7 Å². The number of nitrogens with zero attached hydrogens (tertiary/aromatic N) is 2. The number of thioether (sulfide) groups is 1. The zero-order chi connectivity index (χ0) is 15.4. The third-order valence-corrected chi connectivity index (χ3v) is 3.96. The second-order valence-electron chi connectivity index (χ2n) is 4.01. The van der Waals surface area contributed by atoms with Gasteiger partial charge in [0.25, 0.3) is 0 Å². The van der Waals surface area contributed by atoms with Crippen molar-refractivity contribution >= 4 is 39.7 Å². The highest BCUT2D eigenvalue weighted by Crippen LogP contribution is 2.29. The highest BCUT2D eigenvalue weighted by atomic mass is 79.9. The van der Waals surface area contributed by atoms with E-state index in [0.717, 1.165) is 21.8 Å². The van der Waals surface area contributed by atoms with E-state index in [1.807, 2.05) is 0 Å². The van der Waals surface area contributed by atoms with Gasteiger partial charge in [-0.1, -0.05) is 6.07 Å². The summed E-state index contributed by atoms with van der Waals surface area (Å²) in [5, 5.41) is 16.2. The number of aromatic nitrogens is 3. The molecule has 21 heavy (non-hydrogen) atoms. The number of aryl methyl sites for hydroxylation is 1. The lowest BCUT2D eigenvalue weighted by molar-refractivity contribution is -0.131. The largest absolute Gasteiger partial charge is 0.496 e. The Labute approximate surface area is 133 Å². The van der Waals surface area contributed by atoms with E-state index in [2.05, 4.69) is 31.1 Å². The highest BCUT2D eigenvalue weighted by molar-refractivity contribution is 9.10. The lowest BCUT2D eigenvalue weighted by atomic mass is 10.2. The zero-order valence-corrected chi connectivity index (χ0v) is 13.7. The van der Waals surface area contributed by atoms with Crippen LogP contribution in [-0.2, 0) is 4.79 Å². The van der Waals surface area contributed by atoms with Crippen molar-refractivity contribution in [2.75, 3.05) is 7.11 Å². The Balaban J connectivity index is 2.29. The fraction of sp³-hybridized carbons (Fsp3) is 0.154. The average molecular weight is 370 g/mol. The van der Waals surface area contributed by atoms with Crippen molar-refractivity contribution in [3.8, 4) is 5.75 Å². The fourth-order valence-electron chi connectivity index (χ4n) is 1.52. The first kappa shape index (κ1) is 15.6. The number of benzene rings is 1. The maximum absolute atomic E-state index is 11.3. The number of ether oxygens (including phenoxy) is 1. The van der Waals surface area contributed by atoms with Crippen LogP contribution in [0.15, 0.2) is 32.7 Å². The second kappa shape index (κ2) is 6.77. The first-order chi connectivity index (χ1) is 9.99. The second-order valence-corrected chi connectivity index (χ2v) is 5.88. The molecule has 2 rings (SSSR count). The number of carboxylic acid groups (broad SMARTS) is 1. The molecule has 0 amide bonds. The van der Waals surface area contributed by atoms with Crippen LogP contribution in [0.2, 0.25) is 0 Å². The predicted octanol–water partition coefficient (Wildman–Crippen LogP) is 3.10. The van der Waals surface area contributed by atoms with Gasteiger partial charge in [0.15, 0.2) is 0 Å². The first-order valence-corrected chi connectivity index (χ1v) is 7.46. The molecule has 1 heterocycles. The Kier molecular flexibility index (Phi) is 5.03. The van der Waals surface area contributed by atoms with Gasteiger partial charge in [0.2, 0.25) is 5.16 Å². The van der Waals surface area contributed by atoms with Crippen LogP contribution in [0.3, 0.4) is 0 Å². The van der Waals surface area contributed by atoms with Crippen molar-refractivity contribution in [2.45, 2.75) is 12.1 Å². The Hall–Kier alpha value is -1.80. The number of aromatic amines is 1. The van der Waals surface area contributed by atoms with E-state index in [9.17, 15) is 9.90 Å². The molecule has 0 bridgehead atoms. The standard InChI is InChI=1S/C13H12BrN3O3S/c1-7-15-13(17-16-7)21-11(12(18)19)6-8-3-4-10(20-2)9(14)5-8/h3-6H,1-2H3,(H,18,19)(H,15,16,17). The van der Waals surface area contributed by atoms with Crippen LogP contribution in [0, 0.1) is 6.92 Å². The van der Waals surface area contributed by atoms with E-state index in [0.29, 0.717) is 16.7 Å². The van der Waals surface area contributed by atoms with Crippen LogP contribution in [0.1, 0.15) is 11.4 Å². The van der Waals surface area contributed by atoms with Crippen molar-refractivity contribution in [1.82, 2.24) is 15.2 Å². The summed E-state index contributed by atoms with van der Waals surface area (Å²) >= 11 is 4.36. The minimum Gasteiger partial charge on any atom is -0.496 e. The van der Waals surface area contributed by atoms with E-state index in [1.165, 1.54) is 0 Å². The van der Waals surface area contributed by atoms with Crippen molar-refractivity contribution < 1.29 is 14.6 Å². The molecular weight excluding hydrogens is 358 g/mol. The van der Waals surface area contributed by atoms with Crippen LogP contribution in [0.4, 0.5) is 0 Å². The molecule has 0 aliphatic heterocycles. The molecule has 1 aromatic carbocycles. The van der Waals surface area contributed by atoms with Gasteiger partial charge in [-0.3, -0.25) is 5.10 Å². The molecule has 6 nitrogen and oxygen atoms in total. The monoisotopic (exact) mass is 369 g/mol. The van der Waals surface area contributed by atoms with Crippen LogP contribution < -0.4 is 4.74 Å². The Morgan fingerprint density at radius 1 is 1.52 bits per heavy atom. The molecule has 2 N–H and O–H groups in total. The fourth-order valence-corrected chi connectivity index (χ4v) is 2.84. The third-order valence-electron chi connectivity index (χ3n) is 2.46. The van der Waals surface area contributed by atoms with Crippen molar-refractivity contribution in [1.29, 1.82) is 0 Å². The van der Waals surface area contributed by atoms with Gasteiger partial charge in [0, 0.05) is 0 Å². The van der Waals surface area contributed by atoms with Gasteiger partial charge in [0.05, 0.1) is 11.6 Å². The number of hydrogen-bond donors (Lipinski definition) is 2. The predicted molar refractivity (Wildman–Crippen MR) is 83.3 cm³/mol. The quantitative estimate of drug-likeness (QED) is 0.621. The Morgan fingerprint density at radius 2 is 2.29 bits per heavy atom. The Morgan fingerprint density at radius 3 is 2.81 bits per heavy atom. The number of hydrogen-bond acceptors (Lipinski definition) is 5. The summed E-state index contributed by atoms with van der Waals surface area (Å²) in [5.74, 6) is 0.282. The zero-order valence-electron chi connectivity index (χ0n) is 11.3. The molecule has 0 saturated heterocycles. The molecular formula is C13H12BrN3O3S. The smallest absolute Gasteiger partial charge is 0.342 e. The van der Waals surface area contributed by atoms with E-state index < -0.39 is 5.97 Å². The number of halogens is 1. The van der Waals surface area contributed by atoms with Gasteiger partial charge in [-0.25, -0.2) is 9.78 Å². The molecule has 0 spiro atoms. The molecule has 0 unspecified atom stereocenters. The average Bonchev–Trinajstić information content (AvgIpc) is 2.83. The molecule has 110 valence electrons. The van der Waals surface area contributed by atoms with Gasteiger partial charge in [-0.05, 0) is 58.4 Å². The topological polar surface area (TPSA) is 88.1 Å². The molecule has 0 atom stereocenters. The van der Waals surface area contributed by atoms with E-state index >= 15 is 0 Å². The third kappa shape index (κ3) is 4.08. The summed E-state index contributed by atoms with van der Waals surface area (Å²) in [4.78, 5) is 15.5. The number of carbonyl (C=O) groups is 1. The van der Waals surface area contributed by atoms with Gasteiger partial charge < -0.3 is 9.84 Å². The minimum atomic E-state index is -1.03. The SMILES string of the molecule is COc1ccc(C=C(Sc2n[nH]c(C)n2)C(=O)O)cc1Br. The number of nitrogens with one attached hydrogen (secondary N) is 1. The molecule has 0 fully saturated rings. The lowest BCUT2D eigenvalue weighted by Gasteiger charge is -2.04. The number of aliphatic carboxylic acids is 1. The summed E-state index contributed by atoms with van der Waals surface area (Å²) < 4.78 is 5.89. The van der Waals surface area contributed by atoms with E-state index in [1.54, 1.807) is 38.3 Å². The summed E-state index contributed by atoms with van der Waals surface area (Å²) in [5.41, 5.74) is 0.736. The van der Waals surface area contributed by atoms with Crippen LogP contribution in [0.5, 0.6) is 5.75 Å². The molecule has 2 aromatic rings. The van der Waals surface area contributed by atoms with E-state index in [4.69, 9.17) is 4.74 Å². The summed E-state index contributed by atoms with van der Waals surface area (Å²) in [6.07, 6.45) is 1.56. The molecule has 0 aliphatic carbocycles. The normalized spacial score (nSPS) is 11.5. The lowest BCUT2D eigenvalue weighted by Crippen LogP contribution is -1.97. The van der Waals surface area contributed by atoms with Crippen molar-refractivity contribution in [3.63, 3.8) is 0 Å².